The number of halogens is 2. The summed E-state index contributed by atoms with van der Waals surface area (Å²) >= 11 is 7.57. The van der Waals surface area contributed by atoms with E-state index in [4.69, 9.17) is 11.6 Å². The standard InChI is InChI=1S/C12H19ClFO.Sn/c13-11-10(15)7-6-9(12(11)14)8-4-2-1-3-5-8;/h1,8-12,15H,2-7H2;. The predicted octanol–water partition coefficient (Wildman–Crippen LogP) is 2.85. The molecule has 0 aromatic carbocycles. The minimum atomic E-state index is -1.00. The molecule has 0 heterocycles. The molecule has 1 nitrogen and oxygen atoms in total. The summed E-state index contributed by atoms with van der Waals surface area (Å²) in [5, 5.41) is 8.86. The summed E-state index contributed by atoms with van der Waals surface area (Å²) in [5.41, 5.74) is 0. The average Bonchev–Trinajstić information content (AvgIpc) is 2.28. The molecule has 0 bridgehead atoms. The monoisotopic (exact) mass is 353 g/mol. The number of alkyl halides is 2. The van der Waals surface area contributed by atoms with Gasteiger partial charge in [-0.25, -0.2) is 0 Å². The van der Waals surface area contributed by atoms with Crippen molar-refractivity contribution in [1.82, 2.24) is 0 Å². The maximum atomic E-state index is 14.1. The van der Waals surface area contributed by atoms with Crippen molar-refractivity contribution in [2.24, 2.45) is 11.8 Å². The van der Waals surface area contributed by atoms with Crippen molar-refractivity contribution >= 4 is 34.1 Å². The van der Waals surface area contributed by atoms with Gasteiger partial charge in [-0.2, -0.15) is 0 Å². The van der Waals surface area contributed by atoms with Crippen LogP contribution in [0.25, 0.3) is 0 Å². The first kappa shape index (κ1) is 13.4. The van der Waals surface area contributed by atoms with Crippen molar-refractivity contribution in [2.75, 3.05) is 0 Å². The van der Waals surface area contributed by atoms with Gasteiger partial charge in [0.25, 0.3) is 0 Å². The average molecular weight is 352 g/mol. The Morgan fingerprint density at radius 2 is 1.69 bits per heavy atom. The third kappa shape index (κ3) is 2.86. The van der Waals surface area contributed by atoms with E-state index in [2.05, 4.69) is 0 Å². The Morgan fingerprint density at radius 1 is 1.06 bits per heavy atom. The quantitative estimate of drug-likeness (QED) is 0.568. The van der Waals surface area contributed by atoms with Gasteiger partial charge in [0.2, 0.25) is 0 Å². The second-order valence-electron chi connectivity index (χ2n) is 5.31. The third-order valence-corrected chi connectivity index (χ3v) is 6.43. The molecule has 3 radical (unpaired) electrons. The summed E-state index contributed by atoms with van der Waals surface area (Å²) < 4.78 is 15.0. The first-order valence-corrected chi connectivity index (χ1v) is 8.35. The number of rotatable bonds is 1. The Kier molecular flexibility index (Phi) is 4.82. The van der Waals surface area contributed by atoms with E-state index in [9.17, 15) is 9.50 Å². The molecule has 0 saturated heterocycles. The molecule has 1 N–H and O–H groups in total. The van der Waals surface area contributed by atoms with Crippen LogP contribution in [-0.2, 0) is 0 Å². The normalized spacial score (nSPS) is 50.2. The van der Waals surface area contributed by atoms with Gasteiger partial charge in [0.05, 0.1) is 0 Å². The van der Waals surface area contributed by atoms with Crippen molar-refractivity contribution in [3.63, 3.8) is 0 Å². The van der Waals surface area contributed by atoms with Gasteiger partial charge >= 0.3 is 116 Å². The molecule has 0 amide bonds. The van der Waals surface area contributed by atoms with E-state index < -0.39 is 17.7 Å². The minimum absolute atomic E-state index is 0.106. The fourth-order valence-electron chi connectivity index (χ4n) is 3.17. The van der Waals surface area contributed by atoms with E-state index in [0.717, 1.165) is 10.4 Å². The van der Waals surface area contributed by atoms with Crippen molar-refractivity contribution in [3.05, 3.63) is 0 Å². The summed E-state index contributed by atoms with van der Waals surface area (Å²) in [7, 11) is 0. The first-order chi connectivity index (χ1) is 7.59. The van der Waals surface area contributed by atoms with Gasteiger partial charge < -0.3 is 0 Å². The van der Waals surface area contributed by atoms with Crippen LogP contribution in [0.3, 0.4) is 0 Å². The second-order valence-corrected chi connectivity index (χ2v) is 8.14. The fraction of sp³-hybridized carbons (Fsp3) is 1.00. The van der Waals surface area contributed by atoms with Crippen LogP contribution >= 0.6 is 11.6 Å². The van der Waals surface area contributed by atoms with Crippen LogP contribution in [0.15, 0.2) is 0 Å². The Bertz CT molecular complexity index is 233. The summed E-state index contributed by atoms with van der Waals surface area (Å²) in [6, 6.07) is 0. The van der Waals surface area contributed by atoms with Crippen LogP contribution in [0, 0.1) is 11.8 Å². The molecule has 4 unspecified atom stereocenters. The molecule has 2 rings (SSSR count). The zero-order chi connectivity index (χ0) is 11.7. The summed E-state index contributed by atoms with van der Waals surface area (Å²) in [6.45, 7) is 0. The molecule has 4 atom stereocenters. The van der Waals surface area contributed by atoms with E-state index in [1.54, 1.807) is 22.5 Å². The zero-order valence-corrected chi connectivity index (χ0v) is 13.0. The van der Waals surface area contributed by atoms with Crippen LogP contribution in [0.2, 0.25) is 3.93 Å². The zero-order valence-electron chi connectivity index (χ0n) is 9.41. The molecule has 2 aliphatic carbocycles. The SMILES string of the molecule is OC1CCC(C2CC[CH]([Sn])CC2)C(F)C1Cl. The molecule has 2 saturated carbocycles. The van der Waals surface area contributed by atoms with Crippen LogP contribution < -0.4 is 0 Å². The number of hydrogen-bond acceptors (Lipinski definition) is 1. The molecule has 4 heteroatoms. The van der Waals surface area contributed by atoms with E-state index >= 15 is 0 Å². The number of aliphatic hydroxyl groups is 1. The van der Waals surface area contributed by atoms with Gasteiger partial charge in [0.1, 0.15) is 0 Å². The molecule has 0 aliphatic heterocycles. The summed E-state index contributed by atoms with van der Waals surface area (Å²) in [4.78, 5) is 0. The predicted molar refractivity (Wildman–Crippen MR) is 64.7 cm³/mol. The van der Waals surface area contributed by atoms with Crippen molar-refractivity contribution in [1.29, 1.82) is 0 Å². The molecule has 2 fully saturated rings. The Morgan fingerprint density at radius 3 is 2.31 bits per heavy atom. The van der Waals surface area contributed by atoms with Crippen LogP contribution in [0.4, 0.5) is 4.39 Å². The topological polar surface area (TPSA) is 20.2 Å². The van der Waals surface area contributed by atoms with Gasteiger partial charge in [-0.15, -0.1) is 0 Å². The Balaban J connectivity index is 1.94. The number of aliphatic hydroxyl groups excluding tert-OH is 1. The summed E-state index contributed by atoms with van der Waals surface area (Å²) in [6.07, 6.45) is 4.72. The molecule has 0 aromatic heterocycles. The van der Waals surface area contributed by atoms with Crippen LogP contribution in [-0.4, -0.2) is 45.3 Å². The van der Waals surface area contributed by atoms with E-state index in [1.807, 2.05) is 0 Å². The first-order valence-electron chi connectivity index (χ1n) is 6.27. The second kappa shape index (κ2) is 5.75. The molecular weight excluding hydrogens is 333 g/mol. The molecule has 91 valence electrons. The Hall–Kier alpha value is 0.979. The molecule has 2 aliphatic rings. The molecule has 16 heavy (non-hydrogen) atoms. The molecule has 0 aromatic rings. The van der Waals surface area contributed by atoms with Crippen LogP contribution in [0.1, 0.15) is 38.5 Å². The van der Waals surface area contributed by atoms with E-state index in [-0.39, 0.29) is 5.92 Å². The van der Waals surface area contributed by atoms with Gasteiger partial charge in [-0.3, -0.25) is 0 Å². The van der Waals surface area contributed by atoms with E-state index in [0.29, 0.717) is 12.3 Å². The summed E-state index contributed by atoms with van der Waals surface area (Å²) in [5.74, 6) is 0.620. The Labute approximate surface area is 115 Å². The van der Waals surface area contributed by atoms with Crippen molar-refractivity contribution in [3.8, 4) is 0 Å². The van der Waals surface area contributed by atoms with Gasteiger partial charge in [0, 0.05) is 0 Å². The molecule has 0 spiro atoms. The van der Waals surface area contributed by atoms with Gasteiger partial charge in [-0.1, -0.05) is 0 Å². The maximum absolute atomic E-state index is 14.1. The van der Waals surface area contributed by atoms with Gasteiger partial charge in [0.15, 0.2) is 0 Å². The third-order valence-electron chi connectivity index (χ3n) is 4.25. The van der Waals surface area contributed by atoms with Crippen LogP contribution in [0.5, 0.6) is 0 Å². The van der Waals surface area contributed by atoms with Gasteiger partial charge in [-0.05, 0) is 0 Å². The van der Waals surface area contributed by atoms with Crippen molar-refractivity contribution in [2.45, 2.75) is 60.1 Å². The molecular formula is C12H19ClFOSn. The fourth-order valence-corrected chi connectivity index (χ4v) is 4.44. The van der Waals surface area contributed by atoms with E-state index in [1.165, 1.54) is 25.7 Å². The number of hydrogen-bond donors (Lipinski definition) is 1. The van der Waals surface area contributed by atoms with Crippen molar-refractivity contribution < 1.29 is 9.50 Å².